The molecule has 1 aromatic carbocycles. The lowest BCUT2D eigenvalue weighted by Crippen LogP contribution is -2.14. The second kappa shape index (κ2) is 6.86. The molecule has 7 heteroatoms. The first-order chi connectivity index (χ1) is 11.9. The summed E-state index contributed by atoms with van der Waals surface area (Å²) < 4.78 is 1.46. The number of carbonyl (C=O) groups is 1. The zero-order valence-electron chi connectivity index (χ0n) is 13.8. The molecule has 126 valence electrons. The molecule has 1 amide bonds. The number of nitrogens with two attached hydrogens (primary N) is 1. The van der Waals surface area contributed by atoms with E-state index in [0.717, 1.165) is 16.7 Å². The van der Waals surface area contributed by atoms with Gasteiger partial charge in [0.1, 0.15) is 11.5 Å². The molecule has 25 heavy (non-hydrogen) atoms. The van der Waals surface area contributed by atoms with Crippen LogP contribution >= 0.6 is 11.6 Å². The van der Waals surface area contributed by atoms with Gasteiger partial charge in [0.05, 0.1) is 5.57 Å². The topological polar surface area (TPSA) is 86.7 Å². The van der Waals surface area contributed by atoms with Crippen LogP contribution in [-0.4, -0.2) is 25.7 Å². The number of halogens is 1. The van der Waals surface area contributed by atoms with Gasteiger partial charge in [-0.1, -0.05) is 28.8 Å². The Labute approximate surface area is 150 Å². The molecule has 0 unspecified atom stereocenters. The van der Waals surface area contributed by atoms with Crippen LogP contribution in [0, 0.1) is 13.8 Å². The third-order valence-electron chi connectivity index (χ3n) is 3.55. The molecule has 0 spiro atoms. The quantitative estimate of drug-likeness (QED) is 0.576. The minimum Gasteiger partial charge on any atom is -0.366 e. The first-order valence-electron chi connectivity index (χ1n) is 7.56. The lowest BCUT2D eigenvalue weighted by atomic mass is 10.1. The number of aryl methyl sites for hydroxylation is 2. The van der Waals surface area contributed by atoms with Crippen LogP contribution in [0.5, 0.6) is 0 Å². The number of amides is 1. The average molecular weight is 354 g/mol. The highest BCUT2D eigenvalue weighted by molar-refractivity contribution is 6.29. The zero-order chi connectivity index (χ0) is 18.0. The minimum atomic E-state index is -0.590. The van der Waals surface area contributed by atoms with E-state index in [1.165, 1.54) is 23.4 Å². The third kappa shape index (κ3) is 3.92. The fourth-order valence-corrected chi connectivity index (χ4v) is 2.63. The fraction of sp³-hybridized carbons (Fsp3) is 0.111. The number of hydrogen-bond donors (Lipinski definition) is 1. The summed E-state index contributed by atoms with van der Waals surface area (Å²) in [6.07, 6.45) is 4.53. The molecule has 0 aliphatic heterocycles. The number of nitrogens with zero attached hydrogens (tertiary/aromatic N) is 4. The molecule has 0 aliphatic carbocycles. The summed E-state index contributed by atoms with van der Waals surface area (Å²) in [4.78, 5) is 20.1. The summed E-state index contributed by atoms with van der Waals surface area (Å²) in [7, 11) is 0. The lowest BCUT2D eigenvalue weighted by molar-refractivity contribution is -0.112. The van der Waals surface area contributed by atoms with Crippen molar-refractivity contribution in [3.63, 3.8) is 0 Å². The summed E-state index contributed by atoms with van der Waals surface area (Å²) in [5.41, 5.74) is 9.48. The maximum Gasteiger partial charge on any atom is 0.250 e. The molecule has 0 atom stereocenters. The van der Waals surface area contributed by atoms with Crippen LogP contribution in [0.25, 0.3) is 23.2 Å². The van der Waals surface area contributed by atoms with E-state index in [-0.39, 0.29) is 5.57 Å². The molecule has 2 heterocycles. The smallest absolute Gasteiger partial charge is 0.250 e. The Bertz CT molecular complexity index is 940. The van der Waals surface area contributed by atoms with E-state index in [2.05, 4.69) is 21.1 Å². The van der Waals surface area contributed by atoms with Crippen LogP contribution in [0.2, 0.25) is 5.15 Å². The van der Waals surface area contributed by atoms with E-state index >= 15 is 0 Å². The molecule has 3 aromatic rings. The summed E-state index contributed by atoms with van der Waals surface area (Å²) in [6, 6.07) is 9.37. The maximum atomic E-state index is 11.8. The number of benzene rings is 1. The molecule has 0 radical (unpaired) electrons. The zero-order valence-corrected chi connectivity index (χ0v) is 14.5. The van der Waals surface area contributed by atoms with Crippen molar-refractivity contribution in [3.8, 4) is 11.4 Å². The fourth-order valence-electron chi connectivity index (χ4n) is 2.52. The van der Waals surface area contributed by atoms with Crippen LogP contribution in [0.15, 0.2) is 42.9 Å². The Hall–Kier alpha value is -2.99. The molecule has 0 saturated carbocycles. The molecule has 6 nitrogen and oxygen atoms in total. The Balaban J connectivity index is 1.98. The van der Waals surface area contributed by atoms with Gasteiger partial charge in [0.15, 0.2) is 5.82 Å². The van der Waals surface area contributed by atoms with Gasteiger partial charge < -0.3 is 5.73 Å². The van der Waals surface area contributed by atoms with E-state index in [9.17, 15) is 4.79 Å². The van der Waals surface area contributed by atoms with E-state index in [1.807, 2.05) is 26.0 Å². The van der Waals surface area contributed by atoms with Gasteiger partial charge >= 0.3 is 0 Å². The molecule has 0 bridgehead atoms. The van der Waals surface area contributed by atoms with Gasteiger partial charge in [0.25, 0.3) is 5.91 Å². The van der Waals surface area contributed by atoms with Crippen LogP contribution in [-0.2, 0) is 4.79 Å². The SMILES string of the molecule is Cc1cc(C)cc(-c2ncn(/C=C(\C(N)=O)c3ccc(Cl)nc3)n2)c1. The monoisotopic (exact) mass is 353 g/mol. The second-order valence-corrected chi connectivity index (χ2v) is 6.09. The highest BCUT2D eigenvalue weighted by Gasteiger charge is 2.11. The van der Waals surface area contributed by atoms with Crippen molar-refractivity contribution >= 4 is 29.3 Å². The van der Waals surface area contributed by atoms with Gasteiger partial charge in [-0.2, -0.15) is 0 Å². The van der Waals surface area contributed by atoms with Crippen LogP contribution in [0.4, 0.5) is 0 Å². The minimum absolute atomic E-state index is 0.265. The van der Waals surface area contributed by atoms with E-state index in [1.54, 1.807) is 12.1 Å². The van der Waals surface area contributed by atoms with E-state index < -0.39 is 5.91 Å². The van der Waals surface area contributed by atoms with Crippen molar-refractivity contribution < 1.29 is 4.79 Å². The van der Waals surface area contributed by atoms with Crippen molar-refractivity contribution in [3.05, 3.63) is 64.7 Å². The molecule has 2 N–H and O–H groups in total. The van der Waals surface area contributed by atoms with Gasteiger partial charge in [0.2, 0.25) is 0 Å². The summed E-state index contributed by atoms with van der Waals surface area (Å²) in [5.74, 6) is -0.0197. The van der Waals surface area contributed by atoms with Crippen molar-refractivity contribution in [2.24, 2.45) is 5.73 Å². The van der Waals surface area contributed by atoms with Crippen LogP contribution < -0.4 is 5.73 Å². The number of hydrogen-bond acceptors (Lipinski definition) is 4. The van der Waals surface area contributed by atoms with E-state index in [4.69, 9.17) is 17.3 Å². The summed E-state index contributed by atoms with van der Waals surface area (Å²) >= 11 is 5.78. The molecular weight excluding hydrogens is 338 g/mol. The molecule has 0 aliphatic rings. The van der Waals surface area contributed by atoms with Crippen molar-refractivity contribution in [2.75, 3.05) is 0 Å². The number of primary amides is 1. The van der Waals surface area contributed by atoms with Crippen molar-refractivity contribution in [2.45, 2.75) is 13.8 Å². The van der Waals surface area contributed by atoms with Gasteiger partial charge in [-0.3, -0.25) is 4.79 Å². The lowest BCUT2D eigenvalue weighted by Gasteiger charge is -2.03. The Morgan fingerprint density at radius 2 is 1.88 bits per heavy atom. The maximum absolute atomic E-state index is 11.8. The van der Waals surface area contributed by atoms with Gasteiger partial charge in [-0.25, -0.2) is 14.6 Å². The molecule has 0 fully saturated rings. The molecular formula is C18H16ClN5O. The highest BCUT2D eigenvalue weighted by Crippen LogP contribution is 2.20. The number of rotatable bonds is 4. The predicted molar refractivity (Wildman–Crippen MR) is 97.5 cm³/mol. The average Bonchev–Trinajstić information content (AvgIpc) is 3.01. The first-order valence-corrected chi connectivity index (χ1v) is 7.93. The van der Waals surface area contributed by atoms with Crippen LogP contribution in [0.1, 0.15) is 16.7 Å². The molecule has 0 saturated heterocycles. The number of pyridine rings is 1. The van der Waals surface area contributed by atoms with Gasteiger partial charge in [-0.05, 0) is 38.1 Å². The number of carbonyl (C=O) groups excluding carboxylic acids is 1. The Kier molecular flexibility index (Phi) is 4.63. The summed E-state index contributed by atoms with van der Waals surface area (Å²) in [6.45, 7) is 4.04. The second-order valence-electron chi connectivity index (χ2n) is 5.70. The number of aromatic nitrogens is 4. The van der Waals surface area contributed by atoms with Gasteiger partial charge in [0, 0.05) is 23.5 Å². The first kappa shape index (κ1) is 16.9. The van der Waals surface area contributed by atoms with Crippen molar-refractivity contribution in [1.29, 1.82) is 0 Å². The molecule has 2 aromatic heterocycles. The van der Waals surface area contributed by atoms with Crippen LogP contribution in [0.3, 0.4) is 0 Å². The Morgan fingerprint density at radius 3 is 2.48 bits per heavy atom. The standard InChI is InChI=1S/C18H16ClN5O/c1-11-5-12(2)7-14(6-11)18-22-10-24(23-18)9-15(17(20)25)13-3-4-16(19)21-8-13/h3-10H,1-2H3,(H2,20,25)/b15-9-. The van der Waals surface area contributed by atoms with Crippen molar-refractivity contribution in [1.82, 2.24) is 19.7 Å². The summed E-state index contributed by atoms with van der Waals surface area (Å²) in [5, 5.41) is 4.74. The third-order valence-corrected chi connectivity index (χ3v) is 3.78. The normalized spacial score (nSPS) is 11.6. The highest BCUT2D eigenvalue weighted by atomic mass is 35.5. The predicted octanol–water partition coefficient (Wildman–Crippen LogP) is 3.09. The Morgan fingerprint density at radius 1 is 1.16 bits per heavy atom. The van der Waals surface area contributed by atoms with Gasteiger partial charge in [-0.15, -0.1) is 5.10 Å². The largest absolute Gasteiger partial charge is 0.366 e. The molecule has 3 rings (SSSR count). The van der Waals surface area contributed by atoms with E-state index in [0.29, 0.717) is 16.5 Å².